The number of hydrogen-bond acceptors (Lipinski definition) is 4. The van der Waals surface area contributed by atoms with Crippen LogP contribution in [0.4, 0.5) is 5.69 Å². The van der Waals surface area contributed by atoms with Gasteiger partial charge in [0.25, 0.3) is 5.56 Å². The van der Waals surface area contributed by atoms with Gasteiger partial charge in [0, 0.05) is 56.7 Å². The molecule has 0 spiro atoms. The third-order valence-corrected chi connectivity index (χ3v) is 3.71. The summed E-state index contributed by atoms with van der Waals surface area (Å²) in [6, 6.07) is 3.76. The van der Waals surface area contributed by atoms with E-state index in [1.165, 1.54) is 6.07 Å². The number of aromatic nitrogens is 1. The molecule has 0 aliphatic carbocycles. The Morgan fingerprint density at radius 2 is 2.11 bits per heavy atom. The first-order valence-electron chi connectivity index (χ1n) is 6.45. The number of hydrogen-bond donors (Lipinski definition) is 1. The van der Waals surface area contributed by atoms with Gasteiger partial charge in [0.2, 0.25) is 0 Å². The van der Waals surface area contributed by atoms with Crippen molar-refractivity contribution in [2.24, 2.45) is 0 Å². The molecular formula is C13H22N4O. The number of anilines is 1. The standard InChI is InChI=1S/C13H22N4O/c1-11-9-16(6-5-15(11)2)7-8-17-10-12(14)3-4-13(17)18/h3-4,10-11H,5-9,14H2,1-2H3. The molecule has 0 aromatic carbocycles. The lowest BCUT2D eigenvalue weighted by Crippen LogP contribution is -2.50. The molecule has 5 heteroatoms. The molecular weight excluding hydrogens is 228 g/mol. The van der Waals surface area contributed by atoms with Crippen LogP contribution in [0.25, 0.3) is 0 Å². The van der Waals surface area contributed by atoms with E-state index in [2.05, 4.69) is 23.8 Å². The van der Waals surface area contributed by atoms with Gasteiger partial charge in [0.05, 0.1) is 0 Å². The minimum atomic E-state index is 0.0198. The lowest BCUT2D eigenvalue weighted by molar-refractivity contribution is 0.102. The molecule has 5 nitrogen and oxygen atoms in total. The summed E-state index contributed by atoms with van der Waals surface area (Å²) >= 11 is 0. The summed E-state index contributed by atoms with van der Waals surface area (Å²) < 4.78 is 1.69. The molecule has 100 valence electrons. The van der Waals surface area contributed by atoms with Crippen LogP contribution in [0.3, 0.4) is 0 Å². The van der Waals surface area contributed by atoms with Crippen molar-refractivity contribution in [3.63, 3.8) is 0 Å². The molecule has 1 aliphatic heterocycles. The first kappa shape index (κ1) is 13.1. The minimum absolute atomic E-state index is 0.0198. The molecule has 0 amide bonds. The molecule has 1 unspecified atom stereocenters. The zero-order valence-electron chi connectivity index (χ0n) is 11.2. The van der Waals surface area contributed by atoms with Gasteiger partial charge in [-0.05, 0) is 20.0 Å². The van der Waals surface area contributed by atoms with Gasteiger partial charge in [0.1, 0.15) is 0 Å². The summed E-state index contributed by atoms with van der Waals surface area (Å²) in [6.07, 6.45) is 1.72. The van der Waals surface area contributed by atoms with E-state index in [0.717, 1.165) is 26.2 Å². The van der Waals surface area contributed by atoms with Gasteiger partial charge in [-0.3, -0.25) is 9.69 Å². The van der Waals surface area contributed by atoms with E-state index in [4.69, 9.17) is 5.73 Å². The van der Waals surface area contributed by atoms with E-state index in [9.17, 15) is 4.79 Å². The van der Waals surface area contributed by atoms with Crippen molar-refractivity contribution < 1.29 is 0 Å². The van der Waals surface area contributed by atoms with Gasteiger partial charge in [0.15, 0.2) is 0 Å². The van der Waals surface area contributed by atoms with Crippen molar-refractivity contribution in [3.05, 3.63) is 28.7 Å². The summed E-state index contributed by atoms with van der Waals surface area (Å²) in [4.78, 5) is 16.4. The zero-order chi connectivity index (χ0) is 13.1. The van der Waals surface area contributed by atoms with E-state index >= 15 is 0 Å². The van der Waals surface area contributed by atoms with E-state index in [1.54, 1.807) is 16.8 Å². The van der Waals surface area contributed by atoms with Gasteiger partial charge in [-0.2, -0.15) is 0 Å². The predicted molar refractivity (Wildman–Crippen MR) is 73.6 cm³/mol. The Hall–Kier alpha value is -1.33. The summed E-state index contributed by atoms with van der Waals surface area (Å²) in [6.45, 7) is 7.07. The SMILES string of the molecule is CC1CN(CCn2cc(N)ccc2=O)CCN1C. The van der Waals surface area contributed by atoms with Gasteiger partial charge < -0.3 is 15.2 Å². The van der Waals surface area contributed by atoms with Crippen LogP contribution in [0.1, 0.15) is 6.92 Å². The Morgan fingerprint density at radius 3 is 2.83 bits per heavy atom. The number of nitrogens with two attached hydrogens (primary N) is 1. The maximum absolute atomic E-state index is 11.6. The van der Waals surface area contributed by atoms with Crippen molar-refractivity contribution >= 4 is 5.69 Å². The summed E-state index contributed by atoms with van der Waals surface area (Å²) in [5, 5.41) is 0. The zero-order valence-corrected chi connectivity index (χ0v) is 11.2. The number of likely N-dealkylation sites (N-methyl/N-ethyl adjacent to an activating group) is 1. The van der Waals surface area contributed by atoms with Crippen LogP contribution in [0, 0.1) is 0 Å². The highest BCUT2D eigenvalue weighted by Crippen LogP contribution is 2.06. The highest BCUT2D eigenvalue weighted by atomic mass is 16.1. The average molecular weight is 250 g/mol. The molecule has 1 aromatic heterocycles. The van der Waals surface area contributed by atoms with Crippen molar-refractivity contribution in [2.75, 3.05) is 39.0 Å². The average Bonchev–Trinajstić information content (AvgIpc) is 2.34. The molecule has 0 saturated carbocycles. The number of nitrogen functional groups attached to an aromatic ring is 1. The highest BCUT2D eigenvalue weighted by molar-refractivity contribution is 5.33. The molecule has 0 radical (unpaired) electrons. The van der Waals surface area contributed by atoms with Crippen LogP contribution in [-0.2, 0) is 6.54 Å². The molecule has 0 bridgehead atoms. The lowest BCUT2D eigenvalue weighted by Gasteiger charge is -2.37. The van der Waals surface area contributed by atoms with Crippen LogP contribution >= 0.6 is 0 Å². The monoisotopic (exact) mass is 250 g/mol. The quantitative estimate of drug-likeness (QED) is 0.824. The topological polar surface area (TPSA) is 54.5 Å². The van der Waals surface area contributed by atoms with Crippen LogP contribution in [0.5, 0.6) is 0 Å². The summed E-state index contributed by atoms with van der Waals surface area (Å²) in [5.74, 6) is 0. The summed E-state index contributed by atoms with van der Waals surface area (Å²) in [7, 11) is 2.16. The second-order valence-corrected chi connectivity index (χ2v) is 5.12. The lowest BCUT2D eigenvalue weighted by atomic mass is 10.2. The van der Waals surface area contributed by atoms with E-state index < -0.39 is 0 Å². The number of nitrogens with zero attached hydrogens (tertiary/aromatic N) is 3. The first-order chi connectivity index (χ1) is 8.56. The van der Waals surface area contributed by atoms with Gasteiger partial charge in [-0.15, -0.1) is 0 Å². The maximum Gasteiger partial charge on any atom is 0.250 e. The highest BCUT2D eigenvalue weighted by Gasteiger charge is 2.19. The Labute approximate surface area is 108 Å². The normalized spacial score (nSPS) is 22.2. The molecule has 1 aliphatic rings. The van der Waals surface area contributed by atoms with Gasteiger partial charge in [-0.1, -0.05) is 0 Å². The van der Waals surface area contributed by atoms with Gasteiger partial charge >= 0.3 is 0 Å². The number of piperazine rings is 1. The van der Waals surface area contributed by atoms with Crippen LogP contribution in [-0.4, -0.2) is 53.6 Å². The number of rotatable bonds is 3. The molecule has 1 aromatic rings. The van der Waals surface area contributed by atoms with Crippen LogP contribution in [0.2, 0.25) is 0 Å². The largest absolute Gasteiger partial charge is 0.398 e. The van der Waals surface area contributed by atoms with E-state index in [-0.39, 0.29) is 5.56 Å². The Kier molecular flexibility index (Phi) is 4.04. The van der Waals surface area contributed by atoms with E-state index in [1.807, 2.05) is 0 Å². The Morgan fingerprint density at radius 1 is 1.33 bits per heavy atom. The van der Waals surface area contributed by atoms with E-state index in [0.29, 0.717) is 18.3 Å². The molecule has 1 saturated heterocycles. The predicted octanol–water partition coefficient (Wildman–Crippen LogP) is 0.0664. The smallest absolute Gasteiger partial charge is 0.250 e. The molecule has 2 rings (SSSR count). The van der Waals surface area contributed by atoms with Crippen molar-refractivity contribution in [3.8, 4) is 0 Å². The first-order valence-corrected chi connectivity index (χ1v) is 6.45. The molecule has 1 atom stereocenters. The van der Waals surface area contributed by atoms with Crippen molar-refractivity contribution in [1.82, 2.24) is 14.4 Å². The fraction of sp³-hybridized carbons (Fsp3) is 0.615. The van der Waals surface area contributed by atoms with Crippen molar-refractivity contribution in [2.45, 2.75) is 19.5 Å². The molecule has 2 heterocycles. The molecule has 18 heavy (non-hydrogen) atoms. The maximum atomic E-state index is 11.6. The fourth-order valence-corrected chi connectivity index (χ4v) is 2.30. The van der Waals surface area contributed by atoms with Gasteiger partial charge in [-0.25, -0.2) is 0 Å². The second-order valence-electron chi connectivity index (χ2n) is 5.12. The number of pyridine rings is 1. The summed E-state index contributed by atoms with van der Waals surface area (Å²) in [5.41, 5.74) is 6.36. The second kappa shape index (κ2) is 5.54. The fourth-order valence-electron chi connectivity index (χ4n) is 2.30. The third-order valence-electron chi connectivity index (χ3n) is 3.71. The third kappa shape index (κ3) is 3.11. The molecule has 1 fully saturated rings. The Balaban J connectivity index is 1.92. The minimum Gasteiger partial charge on any atom is -0.398 e. The van der Waals surface area contributed by atoms with Crippen LogP contribution < -0.4 is 11.3 Å². The molecule has 2 N–H and O–H groups in total. The Bertz CT molecular complexity index is 457. The van der Waals surface area contributed by atoms with Crippen molar-refractivity contribution in [1.29, 1.82) is 0 Å². The van der Waals surface area contributed by atoms with Crippen LogP contribution in [0.15, 0.2) is 23.1 Å².